The van der Waals surface area contributed by atoms with Crippen LogP contribution in [0.1, 0.15) is 0 Å². The molecule has 2 aromatic heterocycles. The van der Waals surface area contributed by atoms with Crippen LogP contribution in [0.3, 0.4) is 0 Å². The summed E-state index contributed by atoms with van der Waals surface area (Å²) < 4.78 is 6.27. The molecule has 4 nitrogen and oxygen atoms in total. The van der Waals surface area contributed by atoms with E-state index in [1.165, 1.54) is 32.3 Å². The smallest absolute Gasteiger partial charge is 0.164 e. The standard InChI is InChI=1S/C43H25N3O/c1-3-11-26(12-4-1)41-44-42(27-13-5-2-6-14-27)46-43(45-41)35-20-8-16-30-29(15-7-17-31(30)35)28-23-24-32-33-18-9-21-37-39(33)40-34(36(32)25-28)19-10-22-38(40)47-37/h1-25H. The molecule has 0 atom stereocenters. The van der Waals surface area contributed by atoms with Gasteiger partial charge in [0.25, 0.3) is 0 Å². The van der Waals surface area contributed by atoms with Crippen molar-refractivity contribution in [2.75, 3.05) is 0 Å². The lowest BCUT2D eigenvalue weighted by Crippen LogP contribution is -2.00. The fraction of sp³-hybridized carbons (Fsp3) is 0. The maximum atomic E-state index is 6.27. The Morgan fingerprint density at radius 3 is 1.47 bits per heavy atom. The van der Waals surface area contributed by atoms with Crippen molar-refractivity contribution < 1.29 is 4.42 Å². The summed E-state index contributed by atoms with van der Waals surface area (Å²) in [7, 11) is 0. The van der Waals surface area contributed by atoms with Gasteiger partial charge in [0, 0.05) is 27.5 Å². The maximum Gasteiger partial charge on any atom is 0.164 e. The van der Waals surface area contributed by atoms with E-state index < -0.39 is 0 Å². The van der Waals surface area contributed by atoms with Crippen LogP contribution in [-0.2, 0) is 0 Å². The predicted octanol–water partition coefficient (Wildman–Crippen LogP) is 11.3. The molecule has 0 aliphatic rings. The average Bonchev–Trinajstić information content (AvgIpc) is 3.54. The molecule has 0 N–H and O–H groups in total. The van der Waals surface area contributed by atoms with Gasteiger partial charge in [0.15, 0.2) is 17.5 Å². The van der Waals surface area contributed by atoms with Gasteiger partial charge in [-0.1, -0.05) is 133 Å². The topological polar surface area (TPSA) is 51.8 Å². The minimum absolute atomic E-state index is 0.651. The second kappa shape index (κ2) is 10.1. The first-order valence-corrected chi connectivity index (χ1v) is 15.8. The lowest BCUT2D eigenvalue weighted by Gasteiger charge is -2.14. The highest BCUT2D eigenvalue weighted by atomic mass is 16.3. The molecule has 0 spiro atoms. The Morgan fingerprint density at radius 1 is 0.319 bits per heavy atom. The Morgan fingerprint density at radius 2 is 0.830 bits per heavy atom. The number of furan rings is 1. The Labute approximate surface area is 270 Å². The number of benzene rings is 8. The Balaban J connectivity index is 1.19. The van der Waals surface area contributed by atoms with E-state index in [0.717, 1.165) is 49.8 Å². The second-order valence-electron chi connectivity index (χ2n) is 12.0. The van der Waals surface area contributed by atoms with Crippen LogP contribution in [0.2, 0.25) is 0 Å². The van der Waals surface area contributed by atoms with Crippen molar-refractivity contribution in [3.63, 3.8) is 0 Å². The van der Waals surface area contributed by atoms with Gasteiger partial charge < -0.3 is 4.42 Å². The summed E-state index contributed by atoms with van der Waals surface area (Å²) in [6.07, 6.45) is 0. The molecule has 0 saturated heterocycles. The normalized spacial score (nSPS) is 11.8. The highest BCUT2D eigenvalue weighted by molar-refractivity contribution is 6.33. The molecule has 0 amide bonds. The summed E-state index contributed by atoms with van der Waals surface area (Å²) in [6.45, 7) is 0. The van der Waals surface area contributed by atoms with Crippen molar-refractivity contribution in [1.29, 1.82) is 0 Å². The molecule has 8 aromatic carbocycles. The molecular weight excluding hydrogens is 574 g/mol. The molecule has 10 aromatic rings. The summed E-state index contributed by atoms with van der Waals surface area (Å²) in [4.78, 5) is 15.0. The lowest BCUT2D eigenvalue weighted by molar-refractivity contribution is 0.669. The first-order chi connectivity index (χ1) is 23.3. The predicted molar refractivity (Wildman–Crippen MR) is 193 cm³/mol. The first-order valence-electron chi connectivity index (χ1n) is 15.8. The number of hydrogen-bond acceptors (Lipinski definition) is 4. The zero-order chi connectivity index (χ0) is 30.9. The molecule has 0 aliphatic heterocycles. The average molecular weight is 600 g/mol. The van der Waals surface area contributed by atoms with Crippen molar-refractivity contribution >= 4 is 54.3 Å². The van der Waals surface area contributed by atoms with Crippen molar-refractivity contribution in [3.8, 4) is 45.3 Å². The molecular formula is C43H25N3O. The Hall–Kier alpha value is -6.39. The summed E-state index contributed by atoms with van der Waals surface area (Å²) >= 11 is 0. The monoisotopic (exact) mass is 599 g/mol. The molecule has 218 valence electrons. The van der Waals surface area contributed by atoms with Crippen LogP contribution in [0, 0.1) is 0 Å². The van der Waals surface area contributed by atoms with Crippen molar-refractivity contribution in [2.45, 2.75) is 0 Å². The Bertz CT molecular complexity index is 2730. The molecule has 2 heterocycles. The van der Waals surface area contributed by atoms with Gasteiger partial charge >= 0.3 is 0 Å². The highest BCUT2D eigenvalue weighted by Crippen LogP contribution is 2.44. The van der Waals surface area contributed by atoms with Gasteiger partial charge in [0.1, 0.15) is 11.2 Å². The Kier molecular flexibility index (Phi) is 5.54. The molecule has 0 saturated carbocycles. The molecule has 0 bridgehead atoms. The van der Waals surface area contributed by atoms with E-state index in [2.05, 4.69) is 91.0 Å². The molecule has 0 radical (unpaired) electrons. The fourth-order valence-corrected chi connectivity index (χ4v) is 7.17. The third-order valence-corrected chi connectivity index (χ3v) is 9.30. The van der Waals surface area contributed by atoms with E-state index in [9.17, 15) is 0 Å². The van der Waals surface area contributed by atoms with Crippen molar-refractivity contribution in [1.82, 2.24) is 15.0 Å². The van der Waals surface area contributed by atoms with Crippen LogP contribution >= 0.6 is 0 Å². The van der Waals surface area contributed by atoms with Gasteiger partial charge in [-0.3, -0.25) is 0 Å². The largest absolute Gasteiger partial charge is 0.456 e. The van der Waals surface area contributed by atoms with E-state index in [-0.39, 0.29) is 0 Å². The second-order valence-corrected chi connectivity index (χ2v) is 12.0. The molecule has 0 unspecified atom stereocenters. The zero-order valence-electron chi connectivity index (χ0n) is 25.2. The van der Waals surface area contributed by atoms with Gasteiger partial charge in [-0.25, -0.2) is 15.0 Å². The van der Waals surface area contributed by atoms with Gasteiger partial charge in [-0.15, -0.1) is 0 Å². The van der Waals surface area contributed by atoms with Crippen LogP contribution in [0.15, 0.2) is 156 Å². The molecule has 0 fully saturated rings. The fourth-order valence-electron chi connectivity index (χ4n) is 7.17. The summed E-state index contributed by atoms with van der Waals surface area (Å²) in [5.74, 6) is 1.96. The number of rotatable bonds is 4. The van der Waals surface area contributed by atoms with Crippen LogP contribution in [0.4, 0.5) is 0 Å². The van der Waals surface area contributed by atoms with Crippen molar-refractivity contribution in [2.24, 2.45) is 0 Å². The van der Waals surface area contributed by atoms with Crippen LogP contribution in [0.25, 0.3) is 99.5 Å². The van der Waals surface area contributed by atoms with Gasteiger partial charge in [0.05, 0.1) is 0 Å². The van der Waals surface area contributed by atoms with E-state index in [0.29, 0.717) is 17.5 Å². The molecule has 47 heavy (non-hydrogen) atoms. The van der Waals surface area contributed by atoms with E-state index in [1.807, 2.05) is 60.7 Å². The summed E-state index contributed by atoms with van der Waals surface area (Å²) in [5.41, 5.74) is 7.07. The third-order valence-electron chi connectivity index (χ3n) is 9.30. The quantitative estimate of drug-likeness (QED) is 0.189. The van der Waals surface area contributed by atoms with E-state index in [1.54, 1.807) is 0 Å². The number of nitrogens with zero attached hydrogens (tertiary/aromatic N) is 3. The minimum atomic E-state index is 0.651. The molecule has 10 rings (SSSR count). The summed E-state index contributed by atoms with van der Waals surface area (Å²) in [6, 6.07) is 52.7. The van der Waals surface area contributed by atoms with E-state index in [4.69, 9.17) is 19.4 Å². The number of fused-ring (bicyclic) bond motifs is 4. The van der Waals surface area contributed by atoms with Gasteiger partial charge in [-0.2, -0.15) is 0 Å². The van der Waals surface area contributed by atoms with Crippen LogP contribution in [0.5, 0.6) is 0 Å². The van der Waals surface area contributed by atoms with Crippen LogP contribution in [-0.4, -0.2) is 15.0 Å². The van der Waals surface area contributed by atoms with Gasteiger partial charge in [-0.05, 0) is 61.6 Å². The first kappa shape index (κ1) is 25.9. The minimum Gasteiger partial charge on any atom is -0.456 e. The summed E-state index contributed by atoms with van der Waals surface area (Å²) in [5, 5.41) is 9.53. The van der Waals surface area contributed by atoms with E-state index >= 15 is 0 Å². The maximum absolute atomic E-state index is 6.27. The number of aromatic nitrogens is 3. The molecule has 4 heteroatoms. The highest BCUT2D eigenvalue weighted by Gasteiger charge is 2.19. The van der Waals surface area contributed by atoms with Gasteiger partial charge in [0.2, 0.25) is 0 Å². The molecule has 0 aliphatic carbocycles. The zero-order valence-corrected chi connectivity index (χ0v) is 25.2. The number of hydrogen-bond donors (Lipinski definition) is 0. The lowest BCUT2D eigenvalue weighted by atomic mass is 9.90. The third kappa shape index (κ3) is 3.98. The SMILES string of the molecule is c1ccc(-c2nc(-c3ccccc3)nc(-c3cccc4c(-c5ccc6c(c5)c5cccc7oc8cccc6c8c75)cccc34)n2)cc1. The van der Waals surface area contributed by atoms with Crippen LogP contribution < -0.4 is 0 Å². The van der Waals surface area contributed by atoms with Crippen molar-refractivity contribution in [3.05, 3.63) is 152 Å².